The highest BCUT2D eigenvalue weighted by Gasteiger charge is 2.30. The first-order valence-corrected chi connectivity index (χ1v) is 7.78. The van der Waals surface area contributed by atoms with E-state index in [-0.39, 0.29) is 12.6 Å². The van der Waals surface area contributed by atoms with E-state index in [1.807, 2.05) is 0 Å². The Morgan fingerprint density at radius 1 is 1.18 bits per heavy atom. The molecule has 3 N–H and O–H groups in total. The molecule has 1 fully saturated rings. The summed E-state index contributed by atoms with van der Waals surface area (Å²) in [6, 6.07) is 3.98. The fraction of sp³-hybridized carbons (Fsp3) is 0.588. The lowest BCUT2D eigenvalue weighted by Gasteiger charge is -2.32. The highest BCUT2D eigenvalue weighted by atomic mass is 16.5. The Morgan fingerprint density at radius 3 is 2.36 bits per heavy atom. The minimum absolute atomic E-state index is 0.251. The first-order valence-electron chi connectivity index (χ1n) is 7.78. The number of urea groups is 1. The molecule has 5 heteroatoms. The molecule has 1 saturated heterocycles. The van der Waals surface area contributed by atoms with E-state index in [1.54, 1.807) is 0 Å². The molecule has 0 saturated carbocycles. The summed E-state index contributed by atoms with van der Waals surface area (Å²) >= 11 is 0. The Kier molecular flexibility index (Phi) is 5.42. The summed E-state index contributed by atoms with van der Waals surface area (Å²) in [5, 5.41) is 15.9. The molecule has 1 aromatic rings. The van der Waals surface area contributed by atoms with Crippen LogP contribution in [0.25, 0.3) is 0 Å². The van der Waals surface area contributed by atoms with Crippen LogP contribution in [-0.4, -0.2) is 36.5 Å². The van der Waals surface area contributed by atoms with Crippen LogP contribution in [0.2, 0.25) is 0 Å². The fourth-order valence-corrected chi connectivity index (χ4v) is 2.89. The average Bonchev–Trinajstić information content (AvgIpc) is 2.45. The predicted octanol–water partition coefficient (Wildman–Crippen LogP) is 1.95. The van der Waals surface area contributed by atoms with Gasteiger partial charge in [-0.2, -0.15) is 0 Å². The van der Waals surface area contributed by atoms with Crippen LogP contribution in [0.4, 0.5) is 4.79 Å². The molecular weight excluding hydrogens is 280 g/mol. The van der Waals surface area contributed by atoms with Crippen molar-refractivity contribution in [1.82, 2.24) is 10.6 Å². The molecule has 2 amide bonds. The van der Waals surface area contributed by atoms with Crippen LogP contribution < -0.4 is 10.6 Å². The van der Waals surface area contributed by atoms with E-state index in [9.17, 15) is 9.90 Å². The topological polar surface area (TPSA) is 70.6 Å². The van der Waals surface area contributed by atoms with E-state index in [1.165, 1.54) is 16.7 Å². The van der Waals surface area contributed by atoms with Gasteiger partial charge in [-0.15, -0.1) is 0 Å². The summed E-state index contributed by atoms with van der Waals surface area (Å²) < 4.78 is 5.22. The second kappa shape index (κ2) is 7.11. The van der Waals surface area contributed by atoms with Crippen LogP contribution >= 0.6 is 0 Å². The molecule has 22 heavy (non-hydrogen) atoms. The number of hydrogen-bond donors (Lipinski definition) is 3. The Bertz CT molecular complexity index is 514. The second-order valence-electron chi connectivity index (χ2n) is 6.25. The average molecular weight is 306 g/mol. The van der Waals surface area contributed by atoms with Gasteiger partial charge in [-0.3, -0.25) is 0 Å². The largest absolute Gasteiger partial charge is 0.388 e. The van der Waals surface area contributed by atoms with Crippen LogP contribution in [0.3, 0.4) is 0 Å². The standard InChI is InChI=1S/C17H26N2O3/c1-12-8-13(2)15(14(3)9-12)10-18-16(20)19-11-17(21)4-6-22-7-5-17/h8-9,21H,4-7,10-11H2,1-3H3,(H2,18,19,20). The third-order valence-electron chi connectivity index (χ3n) is 4.27. The summed E-state index contributed by atoms with van der Waals surface area (Å²) in [5.41, 5.74) is 3.89. The van der Waals surface area contributed by atoms with Gasteiger partial charge in [0, 0.05) is 39.1 Å². The van der Waals surface area contributed by atoms with Crippen molar-refractivity contribution in [2.75, 3.05) is 19.8 Å². The van der Waals surface area contributed by atoms with E-state index >= 15 is 0 Å². The second-order valence-corrected chi connectivity index (χ2v) is 6.25. The molecule has 0 atom stereocenters. The van der Waals surface area contributed by atoms with E-state index in [0.717, 1.165) is 5.56 Å². The molecule has 1 heterocycles. The zero-order chi connectivity index (χ0) is 16.2. The molecule has 2 rings (SSSR count). The van der Waals surface area contributed by atoms with Crippen LogP contribution in [0.15, 0.2) is 12.1 Å². The highest BCUT2D eigenvalue weighted by Crippen LogP contribution is 2.19. The molecule has 1 aliphatic rings. The summed E-state index contributed by atoms with van der Waals surface area (Å²) in [4.78, 5) is 11.9. The number of benzene rings is 1. The molecule has 5 nitrogen and oxygen atoms in total. The van der Waals surface area contributed by atoms with Gasteiger partial charge >= 0.3 is 6.03 Å². The smallest absolute Gasteiger partial charge is 0.315 e. The van der Waals surface area contributed by atoms with Crippen molar-refractivity contribution in [2.24, 2.45) is 0 Å². The maximum Gasteiger partial charge on any atom is 0.315 e. The van der Waals surface area contributed by atoms with Crippen LogP contribution in [0, 0.1) is 20.8 Å². The van der Waals surface area contributed by atoms with Gasteiger partial charge in [-0.1, -0.05) is 17.7 Å². The van der Waals surface area contributed by atoms with E-state index in [0.29, 0.717) is 32.6 Å². The van der Waals surface area contributed by atoms with Crippen molar-refractivity contribution in [1.29, 1.82) is 0 Å². The molecule has 0 bridgehead atoms. The van der Waals surface area contributed by atoms with Crippen LogP contribution in [0.5, 0.6) is 0 Å². The zero-order valence-corrected chi connectivity index (χ0v) is 13.7. The number of aryl methyl sites for hydroxylation is 3. The highest BCUT2D eigenvalue weighted by molar-refractivity contribution is 5.74. The lowest BCUT2D eigenvalue weighted by molar-refractivity contribution is -0.0600. The van der Waals surface area contributed by atoms with Gasteiger partial charge in [0.15, 0.2) is 0 Å². The van der Waals surface area contributed by atoms with Gasteiger partial charge in [0.1, 0.15) is 0 Å². The zero-order valence-electron chi connectivity index (χ0n) is 13.7. The number of carbonyl (C=O) groups excluding carboxylic acids is 1. The van der Waals surface area contributed by atoms with Crippen LogP contribution in [-0.2, 0) is 11.3 Å². The number of nitrogens with one attached hydrogen (secondary N) is 2. The molecule has 1 aromatic carbocycles. The SMILES string of the molecule is Cc1cc(C)c(CNC(=O)NCC2(O)CCOCC2)c(C)c1. The molecule has 0 spiro atoms. The van der Waals surface area contributed by atoms with Crippen molar-refractivity contribution in [3.63, 3.8) is 0 Å². The Labute approximate surface area is 132 Å². The number of carbonyl (C=O) groups is 1. The summed E-state index contributed by atoms with van der Waals surface area (Å²) in [6.45, 7) is 8.01. The number of rotatable bonds is 4. The first-order chi connectivity index (χ1) is 10.4. The molecule has 0 aromatic heterocycles. The third kappa shape index (κ3) is 4.45. The minimum atomic E-state index is -0.842. The molecule has 0 unspecified atom stereocenters. The Hall–Kier alpha value is -1.59. The van der Waals surface area contributed by atoms with Gasteiger partial charge in [0.25, 0.3) is 0 Å². The molecule has 0 aliphatic carbocycles. The predicted molar refractivity (Wildman–Crippen MR) is 85.9 cm³/mol. The van der Waals surface area contributed by atoms with Crippen molar-refractivity contribution in [3.05, 3.63) is 34.4 Å². The molecule has 0 radical (unpaired) electrons. The lowest BCUT2D eigenvalue weighted by Crippen LogP contribution is -2.49. The first kappa shape index (κ1) is 16.8. The van der Waals surface area contributed by atoms with E-state index < -0.39 is 5.60 Å². The van der Waals surface area contributed by atoms with Crippen molar-refractivity contribution >= 4 is 6.03 Å². The van der Waals surface area contributed by atoms with E-state index in [4.69, 9.17) is 4.74 Å². The van der Waals surface area contributed by atoms with Gasteiger partial charge in [0.2, 0.25) is 0 Å². The van der Waals surface area contributed by atoms with Gasteiger partial charge < -0.3 is 20.5 Å². The number of ether oxygens (including phenoxy) is 1. The monoisotopic (exact) mass is 306 g/mol. The maximum absolute atomic E-state index is 11.9. The van der Waals surface area contributed by atoms with Crippen molar-refractivity contribution < 1.29 is 14.6 Å². The Balaban J connectivity index is 1.83. The van der Waals surface area contributed by atoms with Crippen molar-refractivity contribution in [3.8, 4) is 0 Å². The summed E-state index contributed by atoms with van der Waals surface area (Å²) in [7, 11) is 0. The number of hydrogen-bond acceptors (Lipinski definition) is 3. The third-order valence-corrected chi connectivity index (χ3v) is 4.27. The lowest BCUT2D eigenvalue weighted by atomic mass is 9.94. The molecule has 122 valence electrons. The Morgan fingerprint density at radius 2 is 1.77 bits per heavy atom. The summed E-state index contributed by atoms with van der Waals surface area (Å²) in [5.74, 6) is 0. The van der Waals surface area contributed by atoms with Gasteiger partial charge in [-0.25, -0.2) is 4.79 Å². The van der Waals surface area contributed by atoms with Gasteiger partial charge in [0.05, 0.1) is 5.60 Å². The molecular formula is C17H26N2O3. The maximum atomic E-state index is 11.9. The number of amides is 2. The van der Waals surface area contributed by atoms with Crippen LogP contribution in [0.1, 0.15) is 35.1 Å². The van der Waals surface area contributed by atoms with E-state index in [2.05, 4.69) is 43.5 Å². The quantitative estimate of drug-likeness (QED) is 0.796. The number of aliphatic hydroxyl groups is 1. The minimum Gasteiger partial charge on any atom is -0.388 e. The van der Waals surface area contributed by atoms with Gasteiger partial charge in [-0.05, 0) is 37.5 Å². The fourth-order valence-electron chi connectivity index (χ4n) is 2.89. The van der Waals surface area contributed by atoms with Crippen molar-refractivity contribution in [2.45, 2.75) is 45.8 Å². The summed E-state index contributed by atoms with van der Waals surface area (Å²) in [6.07, 6.45) is 1.12. The normalized spacial score (nSPS) is 17.1. The molecule has 1 aliphatic heterocycles.